The van der Waals surface area contributed by atoms with Gasteiger partial charge in [0.2, 0.25) is 0 Å². The molecule has 1 fully saturated rings. The first kappa shape index (κ1) is 17.7. The molecular weight excluding hydrogens is 292 g/mol. The second-order valence-corrected chi connectivity index (χ2v) is 6.40. The van der Waals surface area contributed by atoms with Gasteiger partial charge in [-0.2, -0.15) is 5.10 Å². The zero-order valence-corrected chi connectivity index (χ0v) is 14.7. The summed E-state index contributed by atoms with van der Waals surface area (Å²) in [5, 5.41) is 10.8. The van der Waals surface area contributed by atoms with Crippen LogP contribution in [0.2, 0.25) is 0 Å². The number of ether oxygens (including phenoxy) is 1. The predicted octanol–water partition coefficient (Wildman–Crippen LogP) is 0.442. The standard InChI is InChI=1S/C16H30N6O/c1-13(2)11-22-7-8-23-15(12-22)10-19-16(17-3)18-9-14-5-6-20-21(14)4/h5-6,13,15H,7-12H2,1-4H3,(H2,17,18,19). The van der Waals surface area contributed by atoms with Crippen molar-refractivity contribution in [1.29, 1.82) is 0 Å². The van der Waals surface area contributed by atoms with Gasteiger partial charge in [-0.3, -0.25) is 14.6 Å². The van der Waals surface area contributed by atoms with Gasteiger partial charge < -0.3 is 15.4 Å². The highest BCUT2D eigenvalue weighted by atomic mass is 16.5. The maximum atomic E-state index is 5.85. The van der Waals surface area contributed by atoms with Crippen LogP contribution in [-0.4, -0.2) is 66.6 Å². The van der Waals surface area contributed by atoms with E-state index in [1.807, 2.05) is 17.8 Å². The molecule has 0 saturated carbocycles. The van der Waals surface area contributed by atoms with E-state index in [0.717, 1.165) is 44.4 Å². The van der Waals surface area contributed by atoms with Crippen molar-refractivity contribution in [2.45, 2.75) is 26.5 Å². The number of aliphatic imine (C=N–C) groups is 1. The molecular formula is C16H30N6O. The smallest absolute Gasteiger partial charge is 0.191 e. The van der Waals surface area contributed by atoms with Crippen molar-refractivity contribution in [3.8, 4) is 0 Å². The van der Waals surface area contributed by atoms with Crippen molar-refractivity contribution >= 4 is 5.96 Å². The fourth-order valence-corrected chi connectivity index (χ4v) is 2.77. The second kappa shape index (κ2) is 8.88. The Morgan fingerprint density at radius 3 is 2.96 bits per heavy atom. The molecule has 1 aliphatic heterocycles. The first-order valence-electron chi connectivity index (χ1n) is 8.34. The monoisotopic (exact) mass is 322 g/mol. The Kier molecular flexibility index (Phi) is 6.85. The van der Waals surface area contributed by atoms with Gasteiger partial charge in [-0.05, 0) is 12.0 Å². The lowest BCUT2D eigenvalue weighted by atomic mass is 10.2. The number of rotatable bonds is 6. The highest BCUT2D eigenvalue weighted by molar-refractivity contribution is 5.79. The molecule has 0 aromatic carbocycles. The van der Waals surface area contributed by atoms with Gasteiger partial charge in [-0.1, -0.05) is 13.8 Å². The fraction of sp³-hybridized carbons (Fsp3) is 0.750. The minimum Gasteiger partial charge on any atom is -0.374 e. The van der Waals surface area contributed by atoms with E-state index >= 15 is 0 Å². The lowest BCUT2D eigenvalue weighted by molar-refractivity contribution is -0.0284. The quantitative estimate of drug-likeness (QED) is 0.588. The van der Waals surface area contributed by atoms with Crippen LogP contribution in [-0.2, 0) is 18.3 Å². The van der Waals surface area contributed by atoms with Crippen LogP contribution in [0, 0.1) is 5.92 Å². The van der Waals surface area contributed by atoms with E-state index in [1.54, 1.807) is 13.2 Å². The van der Waals surface area contributed by atoms with Crippen LogP contribution in [0.1, 0.15) is 19.5 Å². The lowest BCUT2D eigenvalue weighted by Crippen LogP contribution is -2.50. The molecule has 0 bridgehead atoms. The highest BCUT2D eigenvalue weighted by Crippen LogP contribution is 2.07. The summed E-state index contributed by atoms with van der Waals surface area (Å²) in [7, 11) is 3.72. The third-order valence-electron chi connectivity index (χ3n) is 3.93. The average molecular weight is 322 g/mol. The normalized spacial score (nSPS) is 20.0. The summed E-state index contributed by atoms with van der Waals surface area (Å²) in [5.74, 6) is 1.48. The van der Waals surface area contributed by atoms with Gasteiger partial charge in [0.1, 0.15) is 0 Å². The molecule has 1 unspecified atom stereocenters. The van der Waals surface area contributed by atoms with Crippen molar-refractivity contribution in [2.75, 3.05) is 39.8 Å². The van der Waals surface area contributed by atoms with Crippen molar-refractivity contribution in [2.24, 2.45) is 18.0 Å². The van der Waals surface area contributed by atoms with Gasteiger partial charge >= 0.3 is 0 Å². The van der Waals surface area contributed by atoms with E-state index in [2.05, 4.69) is 39.5 Å². The maximum absolute atomic E-state index is 5.85. The number of hydrogen-bond acceptors (Lipinski definition) is 4. The molecule has 1 aromatic rings. The van der Waals surface area contributed by atoms with Crippen LogP contribution in [0.5, 0.6) is 0 Å². The minimum atomic E-state index is 0.206. The topological polar surface area (TPSA) is 66.7 Å². The van der Waals surface area contributed by atoms with Crippen molar-refractivity contribution in [3.63, 3.8) is 0 Å². The Hall–Kier alpha value is -1.60. The van der Waals surface area contributed by atoms with E-state index in [0.29, 0.717) is 12.5 Å². The Balaban J connectivity index is 1.73. The first-order chi connectivity index (χ1) is 11.1. The van der Waals surface area contributed by atoms with Crippen molar-refractivity contribution < 1.29 is 4.74 Å². The molecule has 1 atom stereocenters. The molecule has 7 heteroatoms. The SMILES string of the molecule is CN=C(NCc1ccnn1C)NCC1CN(CC(C)C)CCO1. The molecule has 1 saturated heterocycles. The van der Waals surface area contributed by atoms with Gasteiger partial charge in [0.25, 0.3) is 0 Å². The summed E-state index contributed by atoms with van der Waals surface area (Å²) in [6.07, 6.45) is 2.00. The molecule has 1 aliphatic rings. The van der Waals surface area contributed by atoms with Crippen molar-refractivity contribution in [3.05, 3.63) is 18.0 Å². The number of aryl methyl sites for hydroxylation is 1. The van der Waals surface area contributed by atoms with Crippen LogP contribution in [0.15, 0.2) is 17.3 Å². The van der Waals surface area contributed by atoms with E-state index in [9.17, 15) is 0 Å². The molecule has 0 aliphatic carbocycles. The summed E-state index contributed by atoms with van der Waals surface area (Å²) >= 11 is 0. The minimum absolute atomic E-state index is 0.206. The van der Waals surface area contributed by atoms with Crippen molar-refractivity contribution in [1.82, 2.24) is 25.3 Å². The van der Waals surface area contributed by atoms with Gasteiger partial charge in [0.15, 0.2) is 5.96 Å². The zero-order valence-electron chi connectivity index (χ0n) is 14.7. The molecule has 130 valence electrons. The van der Waals surface area contributed by atoms with E-state index in [1.165, 1.54) is 0 Å². The number of guanidine groups is 1. The Bertz CT molecular complexity index is 499. The van der Waals surface area contributed by atoms with Gasteiger partial charge in [-0.25, -0.2) is 0 Å². The molecule has 23 heavy (non-hydrogen) atoms. The van der Waals surface area contributed by atoms with Crippen LogP contribution < -0.4 is 10.6 Å². The molecule has 2 rings (SSSR count). The molecule has 7 nitrogen and oxygen atoms in total. The van der Waals surface area contributed by atoms with E-state index in [-0.39, 0.29) is 6.10 Å². The third-order valence-corrected chi connectivity index (χ3v) is 3.93. The molecule has 2 heterocycles. The molecule has 2 N–H and O–H groups in total. The number of morpholine rings is 1. The number of aromatic nitrogens is 2. The molecule has 1 aromatic heterocycles. The second-order valence-electron chi connectivity index (χ2n) is 6.40. The van der Waals surface area contributed by atoms with Crippen LogP contribution in [0.25, 0.3) is 0 Å². The Morgan fingerprint density at radius 1 is 1.48 bits per heavy atom. The Labute approximate surface area is 139 Å². The van der Waals surface area contributed by atoms with Crippen LogP contribution >= 0.6 is 0 Å². The lowest BCUT2D eigenvalue weighted by Gasteiger charge is -2.34. The summed E-state index contributed by atoms with van der Waals surface area (Å²) in [4.78, 5) is 6.74. The average Bonchev–Trinajstić information content (AvgIpc) is 2.92. The van der Waals surface area contributed by atoms with E-state index < -0.39 is 0 Å². The largest absolute Gasteiger partial charge is 0.374 e. The number of nitrogens with zero attached hydrogens (tertiary/aromatic N) is 4. The maximum Gasteiger partial charge on any atom is 0.191 e. The van der Waals surface area contributed by atoms with E-state index in [4.69, 9.17) is 4.74 Å². The summed E-state index contributed by atoms with van der Waals surface area (Å²) in [6.45, 7) is 9.92. The fourth-order valence-electron chi connectivity index (χ4n) is 2.77. The molecule has 0 spiro atoms. The number of hydrogen-bond donors (Lipinski definition) is 2. The zero-order chi connectivity index (χ0) is 16.7. The summed E-state index contributed by atoms with van der Waals surface area (Å²) < 4.78 is 7.71. The summed E-state index contributed by atoms with van der Waals surface area (Å²) in [5.41, 5.74) is 1.12. The van der Waals surface area contributed by atoms with Gasteiger partial charge in [0, 0.05) is 46.5 Å². The predicted molar refractivity (Wildman–Crippen MR) is 92.4 cm³/mol. The van der Waals surface area contributed by atoms with Gasteiger partial charge in [-0.15, -0.1) is 0 Å². The summed E-state index contributed by atoms with van der Waals surface area (Å²) in [6, 6.07) is 1.99. The number of nitrogens with one attached hydrogen (secondary N) is 2. The molecule has 0 amide bonds. The molecule has 0 radical (unpaired) electrons. The van der Waals surface area contributed by atoms with Crippen LogP contribution in [0.3, 0.4) is 0 Å². The first-order valence-corrected chi connectivity index (χ1v) is 8.34. The third kappa shape index (κ3) is 5.84. The highest BCUT2D eigenvalue weighted by Gasteiger charge is 2.21. The van der Waals surface area contributed by atoms with Crippen LogP contribution in [0.4, 0.5) is 0 Å². The van der Waals surface area contributed by atoms with Gasteiger partial charge in [0.05, 0.1) is 24.9 Å². The Morgan fingerprint density at radius 2 is 2.30 bits per heavy atom.